The van der Waals surface area contributed by atoms with Crippen LogP contribution in [0.25, 0.3) is 0 Å². The van der Waals surface area contributed by atoms with Gasteiger partial charge in [-0.25, -0.2) is 0 Å². The highest BCUT2D eigenvalue weighted by Crippen LogP contribution is 2.26. The standard InChI is InChI=1S/C18H22ClNO/c1-12(2)14-6-10-17(11-7-14)21-18(13(3)20)15-4-8-16(19)9-5-15/h4-13,18H,20H2,1-3H3. The van der Waals surface area contributed by atoms with Crippen molar-refractivity contribution in [3.05, 3.63) is 64.7 Å². The van der Waals surface area contributed by atoms with Crippen LogP contribution in [0.1, 0.15) is 43.9 Å². The molecule has 0 aliphatic carbocycles. The Labute approximate surface area is 131 Å². The highest BCUT2D eigenvalue weighted by atomic mass is 35.5. The monoisotopic (exact) mass is 303 g/mol. The first-order chi connectivity index (χ1) is 9.97. The van der Waals surface area contributed by atoms with Gasteiger partial charge in [0.1, 0.15) is 11.9 Å². The quantitative estimate of drug-likeness (QED) is 0.850. The molecule has 2 aromatic carbocycles. The van der Waals surface area contributed by atoms with Crippen LogP contribution in [-0.4, -0.2) is 6.04 Å². The van der Waals surface area contributed by atoms with Crippen molar-refractivity contribution in [1.82, 2.24) is 0 Å². The summed E-state index contributed by atoms with van der Waals surface area (Å²) in [5, 5.41) is 0.712. The third kappa shape index (κ3) is 4.23. The molecule has 2 nitrogen and oxygen atoms in total. The topological polar surface area (TPSA) is 35.2 Å². The second-order valence-corrected chi connectivity index (χ2v) is 6.11. The molecule has 0 spiro atoms. The van der Waals surface area contributed by atoms with Gasteiger partial charge in [0.05, 0.1) is 0 Å². The number of nitrogens with two attached hydrogens (primary N) is 1. The predicted octanol–water partition coefficient (Wildman–Crippen LogP) is 4.93. The summed E-state index contributed by atoms with van der Waals surface area (Å²) in [4.78, 5) is 0. The van der Waals surface area contributed by atoms with Crippen molar-refractivity contribution in [2.75, 3.05) is 0 Å². The highest BCUT2D eigenvalue weighted by molar-refractivity contribution is 6.30. The molecule has 0 aromatic heterocycles. The van der Waals surface area contributed by atoms with Crippen molar-refractivity contribution in [1.29, 1.82) is 0 Å². The molecule has 0 radical (unpaired) electrons. The molecule has 0 saturated carbocycles. The van der Waals surface area contributed by atoms with Crippen LogP contribution in [0, 0.1) is 0 Å². The molecule has 0 heterocycles. The molecule has 2 rings (SSSR count). The first-order valence-corrected chi connectivity index (χ1v) is 7.63. The molecule has 0 aliphatic heterocycles. The Hall–Kier alpha value is -1.51. The van der Waals surface area contributed by atoms with Crippen molar-refractivity contribution in [2.24, 2.45) is 5.73 Å². The fraction of sp³-hybridized carbons (Fsp3) is 0.333. The maximum atomic E-state index is 6.07. The molecule has 2 aromatic rings. The average Bonchev–Trinajstić information content (AvgIpc) is 2.46. The zero-order valence-electron chi connectivity index (χ0n) is 12.7. The van der Waals surface area contributed by atoms with E-state index in [4.69, 9.17) is 22.1 Å². The Morgan fingerprint density at radius 2 is 1.38 bits per heavy atom. The van der Waals surface area contributed by atoms with Gasteiger partial charge in [-0.05, 0) is 48.2 Å². The van der Waals surface area contributed by atoms with Crippen molar-refractivity contribution in [3.63, 3.8) is 0 Å². The minimum absolute atomic E-state index is 0.115. The highest BCUT2D eigenvalue weighted by Gasteiger charge is 2.18. The lowest BCUT2D eigenvalue weighted by Gasteiger charge is -2.23. The van der Waals surface area contributed by atoms with Gasteiger partial charge in [0.15, 0.2) is 0 Å². The SMILES string of the molecule is CC(C)c1ccc(OC(c2ccc(Cl)cc2)C(C)N)cc1. The third-order valence-corrected chi connectivity index (χ3v) is 3.74. The lowest BCUT2D eigenvalue weighted by atomic mass is 10.0. The van der Waals surface area contributed by atoms with E-state index >= 15 is 0 Å². The van der Waals surface area contributed by atoms with E-state index < -0.39 is 0 Å². The van der Waals surface area contributed by atoms with Crippen LogP contribution in [0.15, 0.2) is 48.5 Å². The van der Waals surface area contributed by atoms with E-state index in [-0.39, 0.29) is 12.1 Å². The molecule has 3 heteroatoms. The van der Waals surface area contributed by atoms with Crippen LogP contribution in [0.4, 0.5) is 0 Å². The minimum Gasteiger partial charge on any atom is -0.484 e. The summed E-state index contributed by atoms with van der Waals surface area (Å²) in [6.07, 6.45) is -0.188. The number of hydrogen-bond donors (Lipinski definition) is 1. The van der Waals surface area contributed by atoms with Crippen LogP contribution in [-0.2, 0) is 0 Å². The fourth-order valence-corrected chi connectivity index (χ4v) is 2.34. The summed E-state index contributed by atoms with van der Waals surface area (Å²) < 4.78 is 6.07. The number of hydrogen-bond acceptors (Lipinski definition) is 2. The van der Waals surface area contributed by atoms with Gasteiger partial charge in [-0.1, -0.05) is 49.7 Å². The summed E-state index contributed by atoms with van der Waals surface area (Å²) >= 11 is 5.93. The van der Waals surface area contributed by atoms with E-state index in [0.717, 1.165) is 11.3 Å². The van der Waals surface area contributed by atoms with E-state index in [1.165, 1.54) is 5.56 Å². The van der Waals surface area contributed by atoms with E-state index in [1.54, 1.807) is 0 Å². The van der Waals surface area contributed by atoms with Crippen molar-refractivity contribution < 1.29 is 4.74 Å². The fourth-order valence-electron chi connectivity index (χ4n) is 2.21. The van der Waals surface area contributed by atoms with E-state index in [1.807, 2.05) is 43.3 Å². The van der Waals surface area contributed by atoms with Crippen LogP contribution in [0.2, 0.25) is 5.02 Å². The molecule has 112 valence electrons. The van der Waals surface area contributed by atoms with Gasteiger partial charge in [-0.15, -0.1) is 0 Å². The first-order valence-electron chi connectivity index (χ1n) is 7.25. The van der Waals surface area contributed by atoms with Gasteiger partial charge in [0.25, 0.3) is 0 Å². The normalized spacial score (nSPS) is 14.0. The Morgan fingerprint density at radius 1 is 0.857 bits per heavy atom. The molecule has 21 heavy (non-hydrogen) atoms. The second kappa shape index (κ2) is 6.97. The molecule has 0 saturated heterocycles. The maximum Gasteiger partial charge on any atom is 0.138 e. The van der Waals surface area contributed by atoms with Gasteiger partial charge >= 0.3 is 0 Å². The molecular formula is C18H22ClNO. The molecule has 0 amide bonds. The zero-order chi connectivity index (χ0) is 15.4. The van der Waals surface area contributed by atoms with Crippen LogP contribution in [0.5, 0.6) is 5.75 Å². The Balaban J connectivity index is 2.18. The van der Waals surface area contributed by atoms with Crippen LogP contribution >= 0.6 is 11.6 Å². The number of ether oxygens (including phenoxy) is 1. The lowest BCUT2D eigenvalue weighted by Crippen LogP contribution is -2.29. The summed E-state index contributed by atoms with van der Waals surface area (Å²) in [5.74, 6) is 1.34. The van der Waals surface area contributed by atoms with Crippen LogP contribution < -0.4 is 10.5 Å². The summed E-state index contributed by atoms with van der Waals surface area (Å²) in [7, 11) is 0. The Bertz CT molecular complexity index is 561. The number of benzene rings is 2. The smallest absolute Gasteiger partial charge is 0.138 e. The number of halogens is 1. The lowest BCUT2D eigenvalue weighted by molar-refractivity contribution is 0.180. The second-order valence-electron chi connectivity index (χ2n) is 5.67. The molecule has 0 bridgehead atoms. The minimum atomic E-state index is -0.188. The van der Waals surface area contributed by atoms with Crippen molar-refractivity contribution in [2.45, 2.75) is 38.8 Å². The van der Waals surface area contributed by atoms with Gasteiger partial charge in [0.2, 0.25) is 0 Å². The van der Waals surface area contributed by atoms with Crippen molar-refractivity contribution in [3.8, 4) is 5.75 Å². The van der Waals surface area contributed by atoms with Gasteiger partial charge < -0.3 is 10.5 Å². The third-order valence-electron chi connectivity index (χ3n) is 3.49. The maximum absolute atomic E-state index is 6.07. The average molecular weight is 304 g/mol. The summed E-state index contributed by atoms with van der Waals surface area (Å²) in [6.45, 7) is 6.30. The summed E-state index contributed by atoms with van der Waals surface area (Å²) in [6, 6.07) is 15.7. The first kappa shape index (κ1) is 15.9. The van der Waals surface area contributed by atoms with E-state index in [9.17, 15) is 0 Å². The Morgan fingerprint density at radius 3 is 1.86 bits per heavy atom. The van der Waals surface area contributed by atoms with Crippen LogP contribution in [0.3, 0.4) is 0 Å². The largest absolute Gasteiger partial charge is 0.484 e. The van der Waals surface area contributed by atoms with Gasteiger partial charge in [-0.3, -0.25) is 0 Å². The molecular weight excluding hydrogens is 282 g/mol. The zero-order valence-corrected chi connectivity index (χ0v) is 13.5. The molecule has 2 unspecified atom stereocenters. The predicted molar refractivity (Wildman–Crippen MR) is 89.0 cm³/mol. The molecule has 0 aliphatic rings. The van der Waals surface area contributed by atoms with E-state index in [0.29, 0.717) is 10.9 Å². The van der Waals surface area contributed by atoms with Gasteiger partial charge in [-0.2, -0.15) is 0 Å². The summed E-state index contributed by atoms with van der Waals surface area (Å²) in [5.41, 5.74) is 8.40. The van der Waals surface area contributed by atoms with E-state index in [2.05, 4.69) is 26.0 Å². The molecule has 2 N–H and O–H groups in total. The molecule has 2 atom stereocenters. The van der Waals surface area contributed by atoms with Gasteiger partial charge in [0, 0.05) is 11.1 Å². The van der Waals surface area contributed by atoms with Crippen molar-refractivity contribution >= 4 is 11.6 Å². The Kier molecular flexibility index (Phi) is 5.27. The number of rotatable bonds is 5. The molecule has 0 fully saturated rings.